The van der Waals surface area contributed by atoms with Crippen LogP contribution < -0.4 is 4.74 Å². The van der Waals surface area contributed by atoms with Crippen molar-refractivity contribution in [3.8, 4) is 5.88 Å². The first-order chi connectivity index (χ1) is 6.13. The van der Waals surface area contributed by atoms with E-state index < -0.39 is 0 Å². The third-order valence-corrected chi connectivity index (χ3v) is 2.46. The van der Waals surface area contributed by atoms with Gasteiger partial charge in [0.05, 0.1) is 12.8 Å². The smallest absolute Gasteiger partial charge is 0.213 e. The number of aromatic nitrogens is 1. The molecule has 0 bridgehead atoms. The van der Waals surface area contributed by atoms with Gasteiger partial charge in [0, 0.05) is 11.5 Å². The van der Waals surface area contributed by atoms with Crippen molar-refractivity contribution in [2.45, 2.75) is 19.3 Å². The molecule has 0 fully saturated rings. The fraction of sp³-hybridized carbons (Fsp3) is 0.364. The van der Waals surface area contributed by atoms with Crippen molar-refractivity contribution in [2.24, 2.45) is 0 Å². The molecule has 2 nitrogen and oxygen atoms in total. The molecule has 1 aliphatic carbocycles. The molecule has 0 unspecified atom stereocenters. The number of methoxy groups -OCH3 is 1. The number of ether oxygens (including phenoxy) is 1. The summed E-state index contributed by atoms with van der Waals surface area (Å²) in [6, 6.07) is 3.99. The molecule has 0 spiro atoms. The molecule has 2 rings (SSSR count). The highest BCUT2D eigenvalue weighted by Crippen LogP contribution is 2.34. The maximum absolute atomic E-state index is 5.06. The fourth-order valence-corrected chi connectivity index (χ4v) is 1.62. The van der Waals surface area contributed by atoms with Crippen LogP contribution in [0.3, 0.4) is 0 Å². The predicted octanol–water partition coefficient (Wildman–Crippen LogP) is 2.39. The first-order valence-electron chi connectivity index (χ1n) is 4.38. The topological polar surface area (TPSA) is 22.1 Å². The Bertz CT molecular complexity index is 366. The zero-order valence-electron chi connectivity index (χ0n) is 8.16. The average molecular weight is 175 g/mol. The van der Waals surface area contributed by atoms with Crippen LogP contribution in [0, 0.1) is 0 Å². The summed E-state index contributed by atoms with van der Waals surface area (Å²) in [4.78, 5) is 4.36. The quantitative estimate of drug-likeness (QED) is 0.653. The fourth-order valence-electron chi connectivity index (χ4n) is 1.62. The van der Waals surface area contributed by atoms with Crippen LogP contribution in [-0.4, -0.2) is 12.1 Å². The standard InChI is InChI=1S/C11H13NO/c1-11(2)7-6-9-8(11)4-5-10(12-9)13-3/h4-7H,1-3H3. The lowest BCUT2D eigenvalue weighted by atomic mass is 9.88. The molecular formula is C11H13NO. The molecule has 0 radical (unpaired) electrons. The molecule has 1 aromatic heterocycles. The van der Waals surface area contributed by atoms with E-state index in [1.165, 1.54) is 5.56 Å². The first kappa shape index (κ1) is 8.30. The second-order valence-corrected chi connectivity index (χ2v) is 3.84. The summed E-state index contributed by atoms with van der Waals surface area (Å²) in [6.45, 7) is 4.37. The van der Waals surface area contributed by atoms with Gasteiger partial charge in [-0.15, -0.1) is 0 Å². The number of fused-ring (bicyclic) bond motifs is 1. The maximum Gasteiger partial charge on any atom is 0.213 e. The zero-order valence-corrected chi connectivity index (χ0v) is 8.16. The second kappa shape index (κ2) is 2.59. The van der Waals surface area contributed by atoms with Gasteiger partial charge in [0.1, 0.15) is 0 Å². The zero-order chi connectivity index (χ0) is 9.47. The van der Waals surface area contributed by atoms with Crippen LogP contribution >= 0.6 is 0 Å². The van der Waals surface area contributed by atoms with Crippen LogP contribution in [0.25, 0.3) is 6.08 Å². The molecule has 0 aliphatic heterocycles. The Morgan fingerprint density at radius 3 is 2.77 bits per heavy atom. The van der Waals surface area contributed by atoms with E-state index in [9.17, 15) is 0 Å². The number of pyridine rings is 1. The molecule has 13 heavy (non-hydrogen) atoms. The molecule has 1 aliphatic rings. The summed E-state index contributed by atoms with van der Waals surface area (Å²) in [5.41, 5.74) is 2.42. The van der Waals surface area contributed by atoms with Gasteiger partial charge in [0.25, 0.3) is 0 Å². The predicted molar refractivity (Wildman–Crippen MR) is 52.8 cm³/mol. The minimum Gasteiger partial charge on any atom is -0.481 e. The molecule has 0 aromatic carbocycles. The highest BCUT2D eigenvalue weighted by molar-refractivity contribution is 5.61. The van der Waals surface area contributed by atoms with Gasteiger partial charge in [0.15, 0.2) is 0 Å². The van der Waals surface area contributed by atoms with Crippen LogP contribution in [0.15, 0.2) is 18.2 Å². The average Bonchev–Trinajstić information content (AvgIpc) is 2.42. The van der Waals surface area contributed by atoms with Crippen molar-refractivity contribution in [1.29, 1.82) is 0 Å². The third kappa shape index (κ3) is 1.22. The van der Waals surface area contributed by atoms with E-state index in [1.807, 2.05) is 6.07 Å². The van der Waals surface area contributed by atoms with Crippen molar-refractivity contribution in [1.82, 2.24) is 4.98 Å². The van der Waals surface area contributed by atoms with Gasteiger partial charge in [-0.3, -0.25) is 0 Å². The SMILES string of the molecule is COc1ccc2c(n1)C=CC2(C)C. The van der Waals surface area contributed by atoms with Gasteiger partial charge >= 0.3 is 0 Å². The molecule has 1 heterocycles. The Morgan fingerprint density at radius 1 is 1.31 bits per heavy atom. The van der Waals surface area contributed by atoms with Gasteiger partial charge in [-0.05, 0) is 11.6 Å². The van der Waals surface area contributed by atoms with Gasteiger partial charge in [-0.2, -0.15) is 0 Å². The van der Waals surface area contributed by atoms with E-state index in [1.54, 1.807) is 7.11 Å². The number of nitrogens with zero attached hydrogens (tertiary/aromatic N) is 1. The molecule has 0 amide bonds. The van der Waals surface area contributed by atoms with Crippen molar-refractivity contribution >= 4 is 6.08 Å². The van der Waals surface area contributed by atoms with Crippen LogP contribution in [0.4, 0.5) is 0 Å². The highest BCUT2D eigenvalue weighted by atomic mass is 16.5. The Hall–Kier alpha value is -1.31. The van der Waals surface area contributed by atoms with Gasteiger partial charge in [-0.25, -0.2) is 4.98 Å². The first-order valence-corrected chi connectivity index (χ1v) is 4.38. The lowest BCUT2D eigenvalue weighted by molar-refractivity contribution is 0.397. The van der Waals surface area contributed by atoms with Crippen molar-refractivity contribution in [3.05, 3.63) is 29.5 Å². The minimum absolute atomic E-state index is 0.120. The third-order valence-electron chi connectivity index (χ3n) is 2.46. The molecule has 68 valence electrons. The van der Waals surface area contributed by atoms with E-state index in [2.05, 4.69) is 37.0 Å². The highest BCUT2D eigenvalue weighted by Gasteiger charge is 2.25. The van der Waals surface area contributed by atoms with E-state index >= 15 is 0 Å². The molecular weight excluding hydrogens is 162 g/mol. The summed E-state index contributed by atoms with van der Waals surface area (Å²) < 4.78 is 5.06. The largest absolute Gasteiger partial charge is 0.481 e. The lowest BCUT2D eigenvalue weighted by Gasteiger charge is -2.16. The molecule has 0 atom stereocenters. The number of rotatable bonds is 1. The minimum atomic E-state index is 0.120. The van der Waals surface area contributed by atoms with Crippen molar-refractivity contribution in [3.63, 3.8) is 0 Å². The van der Waals surface area contributed by atoms with Gasteiger partial charge in [0.2, 0.25) is 5.88 Å². The number of hydrogen-bond donors (Lipinski definition) is 0. The van der Waals surface area contributed by atoms with E-state index in [-0.39, 0.29) is 5.41 Å². The van der Waals surface area contributed by atoms with Crippen LogP contribution in [-0.2, 0) is 5.41 Å². The summed E-state index contributed by atoms with van der Waals surface area (Å²) >= 11 is 0. The van der Waals surface area contributed by atoms with Crippen LogP contribution in [0.5, 0.6) is 5.88 Å². The Morgan fingerprint density at radius 2 is 2.08 bits per heavy atom. The second-order valence-electron chi connectivity index (χ2n) is 3.84. The summed E-state index contributed by atoms with van der Waals surface area (Å²) in [7, 11) is 1.64. The summed E-state index contributed by atoms with van der Waals surface area (Å²) in [5.74, 6) is 0.682. The lowest BCUT2D eigenvalue weighted by Crippen LogP contribution is -2.11. The summed E-state index contributed by atoms with van der Waals surface area (Å²) in [5, 5.41) is 0. The van der Waals surface area contributed by atoms with E-state index in [4.69, 9.17) is 4.74 Å². The Balaban J connectivity index is 2.52. The number of hydrogen-bond acceptors (Lipinski definition) is 2. The summed E-state index contributed by atoms with van der Waals surface area (Å²) in [6.07, 6.45) is 4.22. The van der Waals surface area contributed by atoms with Crippen molar-refractivity contribution in [2.75, 3.05) is 7.11 Å². The van der Waals surface area contributed by atoms with Crippen molar-refractivity contribution < 1.29 is 4.74 Å². The molecule has 2 heteroatoms. The Kier molecular flexibility index (Phi) is 1.65. The Labute approximate surface area is 78.3 Å². The molecule has 0 saturated carbocycles. The molecule has 1 aromatic rings. The van der Waals surface area contributed by atoms with Crippen LogP contribution in [0.2, 0.25) is 0 Å². The van der Waals surface area contributed by atoms with Crippen LogP contribution in [0.1, 0.15) is 25.1 Å². The van der Waals surface area contributed by atoms with Gasteiger partial charge in [-0.1, -0.05) is 26.0 Å². The maximum atomic E-state index is 5.06. The number of allylic oxidation sites excluding steroid dienone is 1. The normalized spacial score (nSPS) is 17.2. The molecule has 0 saturated heterocycles. The van der Waals surface area contributed by atoms with Gasteiger partial charge < -0.3 is 4.74 Å². The molecule has 0 N–H and O–H groups in total. The van der Waals surface area contributed by atoms with E-state index in [0.717, 1.165) is 5.69 Å². The van der Waals surface area contributed by atoms with E-state index in [0.29, 0.717) is 5.88 Å². The monoisotopic (exact) mass is 175 g/mol.